The van der Waals surface area contributed by atoms with Crippen LogP contribution in [0.2, 0.25) is 0 Å². The zero-order chi connectivity index (χ0) is 19.5. The van der Waals surface area contributed by atoms with Crippen LogP contribution in [-0.4, -0.2) is 31.3 Å². The lowest BCUT2D eigenvalue weighted by Crippen LogP contribution is -2.45. The molecule has 1 heterocycles. The molecule has 4 rings (SSSR count). The monoisotopic (exact) mass is 372 g/mol. The molecule has 1 unspecified atom stereocenters. The first kappa shape index (κ1) is 18.4. The van der Waals surface area contributed by atoms with Crippen molar-refractivity contribution < 1.29 is 9.59 Å². The summed E-state index contributed by atoms with van der Waals surface area (Å²) in [6.45, 7) is 3.81. The van der Waals surface area contributed by atoms with Crippen molar-refractivity contribution in [2.75, 3.05) is 13.1 Å². The number of carbonyl (C=O) groups is 2. The normalized spacial score (nSPS) is 16.7. The van der Waals surface area contributed by atoms with Crippen molar-refractivity contribution in [2.45, 2.75) is 25.8 Å². The van der Waals surface area contributed by atoms with Crippen LogP contribution in [0.15, 0.2) is 54.6 Å². The van der Waals surface area contributed by atoms with Gasteiger partial charge in [-0.2, -0.15) is 0 Å². The third kappa shape index (κ3) is 3.69. The summed E-state index contributed by atoms with van der Waals surface area (Å²) in [7, 11) is 0. The Morgan fingerprint density at radius 2 is 1.86 bits per heavy atom. The van der Waals surface area contributed by atoms with Gasteiger partial charge in [-0.15, -0.1) is 0 Å². The maximum Gasteiger partial charge on any atom is 0.251 e. The van der Waals surface area contributed by atoms with Gasteiger partial charge in [0.1, 0.15) is 0 Å². The number of aldehydes is 1. The lowest BCUT2D eigenvalue weighted by molar-refractivity contribution is 0.0930. The predicted molar refractivity (Wildman–Crippen MR) is 113 cm³/mol. The second kappa shape index (κ2) is 7.95. The van der Waals surface area contributed by atoms with E-state index < -0.39 is 0 Å². The van der Waals surface area contributed by atoms with Gasteiger partial charge in [0.25, 0.3) is 5.91 Å². The van der Waals surface area contributed by atoms with E-state index in [1.807, 2.05) is 55.5 Å². The summed E-state index contributed by atoms with van der Waals surface area (Å²) < 4.78 is 0. The van der Waals surface area contributed by atoms with Crippen molar-refractivity contribution in [2.24, 2.45) is 0 Å². The Bertz CT molecular complexity index is 1020. The molecule has 0 bridgehead atoms. The quantitative estimate of drug-likeness (QED) is 0.678. The van der Waals surface area contributed by atoms with E-state index in [1.54, 1.807) is 0 Å². The van der Waals surface area contributed by atoms with E-state index in [0.29, 0.717) is 5.56 Å². The number of hydrogen-bond acceptors (Lipinski definition) is 3. The summed E-state index contributed by atoms with van der Waals surface area (Å²) in [5, 5.41) is 8.42. The second-order valence-electron chi connectivity index (χ2n) is 7.44. The molecule has 0 spiro atoms. The summed E-state index contributed by atoms with van der Waals surface area (Å²) in [4.78, 5) is 23.9. The number of hydrogen-bond donors (Lipinski definition) is 2. The van der Waals surface area contributed by atoms with Crippen LogP contribution in [0.3, 0.4) is 0 Å². The lowest BCUT2D eigenvalue weighted by Gasteiger charge is -2.23. The number of benzene rings is 3. The number of nitrogens with one attached hydrogen (secondary N) is 2. The molecule has 3 aromatic rings. The molecule has 142 valence electrons. The van der Waals surface area contributed by atoms with Crippen LogP contribution in [0.1, 0.15) is 39.1 Å². The van der Waals surface area contributed by atoms with E-state index in [-0.39, 0.29) is 11.9 Å². The summed E-state index contributed by atoms with van der Waals surface area (Å²) in [6.07, 6.45) is 3.04. The van der Waals surface area contributed by atoms with Gasteiger partial charge in [0.05, 0.1) is 0 Å². The molecule has 4 nitrogen and oxygen atoms in total. The molecule has 0 saturated carbocycles. The topological polar surface area (TPSA) is 58.2 Å². The highest BCUT2D eigenvalue weighted by Gasteiger charge is 2.16. The van der Waals surface area contributed by atoms with Crippen molar-refractivity contribution in [3.8, 4) is 11.1 Å². The molecule has 1 saturated heterocycles. The molecule has 0 radical (unpaired) electrons. The Kier molecular flexibility index (Phi) is 5.22. The van der Waals surface area contributed by atoms with E-state index in [9.17, 15) is 9.59 Å². The van der Waals surface area contributed by atoms with Crippen molar-refractivity contribution in [1.29, 1.82) is 0 Å². The van der Waals surface area contributed by atoms with E-state index in [1.165, 1.54) is 0 Å². The fourth-order valence-electron chi connectivity index (χ4n) is 3.86. The van der Waals surface area contributed by atoms with Gasteiger partial charge in [0.2, 0.25) is 0 Å². The van der Waals surface area contributed by atoms with Gasteiger partial charge in [0, 0.05) is 23.7 Å². The molecule has 1 amide bonds. The van der Waals surface area contributed by atoms with Crippen molar-refractivity contribution in [3.05, 3.63) is 71.3 Å². The predicted octanol–water partition coefficient (Wildman–Crippen LogP) is 4.11. The molecule has 1 fully saturated rings. The van der Waals surface area contributed by atoms with Crippen molar-refractivity contribution in [1.82, 2.24) is 10.6 Å². The number of carbonyl (C=O) groups excluding carboxylic acids is 2. The van der Waals surface area contributed by atoms with E-state index in [2.05, 4.69) is 16.7 Å². The maximum absolute atomic E-state index is 12.5. The molecule has 1 aliphatic rings. The van der Waals surface area contributed by atoms with E-state index in [4.69, 9.17) is 0 Å². The van der Waals surface area contributed by atoms with Crippen molar-refractivity contribution in [3.63, 3.8) is 0 Å². The minimum Gasteiger partial charge on any atom is -0.348 e. The lowest BCUT2D eigenvalue weighted by atomic mass is 9.96. The molecular weight excluding hydrogens is 348 g/mol. The molecule has 1 aliphatic heterocycles. The van der Waals surface area contributed by atoms with Gasteiger partial charge < -0.3 is 10.6 Å². The highest BCUT2D eigenvalue weighted by Crippen LogP contribution is 2.27. The standard InChI is InChI=1S/C24H24N2O2/c1-16-4-5-20-13-19(10-11-22(20)23(16)15-27)17-6-8-18(9-7-17)24(28)26-21-3-2-12-25-14-21/h4-11,13,15,21,25H,2-3,12,14H2,1H3,(H,26,28). The fraction of sp³-hybridized carbons (Fsp3) is 0.250. The highest BCUT2D eigenvalue weighted by atomic mass is 16.1. The summed E-state index contributed by atoms with van der Waals surface area (Å²) in [5.41, 5.74) is 4.52. The van der Waals surface area contributed by atoms with Crippen LogP contribution in [0.5, 0.6) is 0 Å². The molecule has 3 aromatic carbocycles. The number of amides is 1. The number of rotatable bonds is 4. The largest absolute Gasteiger partial charge is 0.348 e. The first-order valence-electron chi connectivity index (χ1n) is 9.76. The van der Waals surface area contributed by atoms with Gasteiger partial charge in [0.15, 0.2) is 6.29 Å². The van der Waals surface area contributed by atoms with Gasteiger partial charge in [-0.25, -0.2) is 0 Å². The van der Waals surface area contributed by atoms with Crippen LogP contribution in [0.4, 0.5) is 0 Å². The number of aryl methyl sites for hydroxylation is 1. The van der Waals surface area contributed by atoms with Gasteiger partial charge >= 0.3 is 0 Å². The van der Waals surface area contributed by atoms with Gasteiger partial charge in [-0.3, -0.25) is 9.59 Å². The van der Waals surface area contributed by atoms with Crippen molar-refractivity contribution >= 4 is 23.0 Å². The number of piperidine rings is 1. The third-order valence-electron chi connectivity index (χ3n) is 5.51. The number of fused-ring (bicyclic) bond motifs is 1. The Labute approximate surface area is 165 Å². The van der Waals surface area contributed by atoms with Crippen LogP contribution >= 0.6 is 0 Å². The molecule has 4 heteroatoms. The Hall–Kier alpha value is -2.98. The van der Waals surface area contributed by atoms with E-state index in [0.717, 1.165) is 65.2 Å². The average molecular weight is 372 g/mol. The molecule has 2 N–H and O–H groups in total. The summed E-state index contributed by atoms with van der Waals surface area (Å²) in [5.74, 6) is -0.0233. The molecular formula is C24H24N2O2. The summed E-state index contributed by atoms with van der Waals surface area (Å²) >= 11 is 0. The molecule has 0 aromatic heterocycles. The van der Waals surface area contributed by atoms with Gasteiger partial charge in [-0.1, -0.05) is 36.4 Å². The van der Waals surface area contributed by atoms with Crippen LogP contribution in [-0.2, 0) is 0 Å². The first-order valence-corrected chi connectivity index (χ1v) is 9.76. The molecule has 28 heavy (non-hydrogen) atoms. The Balaban J connectivity index is 1.55. The Morgan fingerprint density at radius 3 is 2.57 bits per heavy atom. The van der Waals surface area contributed by atoms with Crippen LogP contribution < -0.4 is 10.6 Å². The highest BCUT2D eigenvalue weighted by molar-refractivity contribution is 6.01. The zero-order valence-corrected chi connectivity index (χ0v) is 16.0. The third-order valence-corrected chi connectivity index (χ3v) is 5.51. The van der Waals surface area contributed by atoms with E-state index >= 15 is 0 Å². The SMILES string of the molecule is Cc1ccc2cc(-c3ccc(C(=O)NC4CCCNC4)cc3)ccc2c1C=O. The average Bonchev–Trinajstić information content (AvgIpc) is 2.74. The molecule has 0 aliphatic carbocycles. The second-order valence-corrected chi connectivity index (χ2v) is 7.44. The Morgan fingerprint density at radius 1 is 1.07 bits per heavy atom. The first-order chi connectivity index (χ1) is 13.7. The minimum absolute atomic E-state index is 0.0233. The van der Waals surface area contributed by atoms with Gasteiger partial charge in [-0.05, 0) is 72.0 Å². The zero-order valence-electron chi connectivity index (χ0n) is 16.0. The fourth-order valence-corrected chi connectivity index (χ4v) is 3.86. The van der Waals surface area contributed by atoms with Crippen LogP contribution in [0.25, 0.3) is 21.9 Å². The summed E-state index contributed by atoms with van der Waals surface area (Å²) in [6, 6.07) is 18.0. The van der Waals surface area contributed by atoms with Crippen LogP contribution in [0, 0.1) is 6.92 Å². The minimum atomic E-state index is -0.0233. The maximum atomic E-state index is 12.5. The smallest absolute Gasteiger partial charge is 0.251 e. The molecule has 1 atom stereocenters.